The Bertz CT molecular complexity index is 1170. The van der Waals surface area contributed by atoms with Gasteiger partial charge in [0.2, 0.25) is 5.91 Å². The number of nitro groups is 1. The Kier molecular flexibility index (Phi) is 8.66. The number of hydrogen-bond donors (Lipinski definition) is 2. The van der Waals surface area contributed by atoms with Crippen LogP contribution in [0.4, 0.5) is 5.69 Å². The summed E-state index contributed by atoms with van der Waals surface area (Å²) in [5.74, 6) is -1.67. The van der Waals surface area contributed by atoms with Gasteiger partial charge in [-0.05, 0) is 23.3 Å². The number of hydrogen-bond acceptors (Lipinski definition) is 6. The van der Waals surface area contributed by atoms with E-state index in [0.717, 1.165) is 5.56 Å². The molecule has 180 valence electrons. The van der Waals surface area contributed by atoms with Crippen LogP contribution in [0.3, 0.4) is 0 Å². The third-order valence-electron chi connectivity index (χ3n) is 5.33. The number of nitrogens with zero attached hydrogens (tertiary/aromatic N) is 1. The lowest BCUT2D eigenvalue weighted by atomic mass is 10.0. The van der Waals surface area contributed by atoms with Crippen LogP contribution in [0.1, 0.15) is 21.5 Å². The summed E-state index contributed by atoms with van der Waals surface area (Å²) in [4.78, 5) is 48.9. The first-order valence-corrected chi connectivity index (χ1v) is 10.9. The number of carbonyl (C=O) groups excluding carboxylic acids is 3. The summed E-state index contributed by atoms with van der Waals surface area (Å²) in [5.41, 5.74) is 1.70. The predicted octanol–water partition coefficient (Wildman–Crippen LogP) is 2.84. The zero-order chi connectivity index (χ0) is 25.2. The van der Waals surface area contributed by atoms with Gasteiger partial charge < -0.3 is 15.4 Å². The molecule has 0 aliphatic rings. The second kappa shape index (κ2) is 12.1. The Morgan fingerprint density at radius 3 is 1.91 bits per heavy atom. The fourth-order valence-corrected chi connectivity index (χ4v) is 3.49. The molecule has 0 unspecified atom stereocenters. The molecule has 0 saturated heterocycles. The number of methoxy groups -OCH3 is 1. The van der Waals surface area contributed by atoms with Gasteiger partial charge in [0.15, 0.2) is 0 Å². The largest absolute Gasteiger partial charge is 0.467 e. The van der Waals surface area contributed by atoms with E-state index in [0.29, 0.717) is 11.1 Å². The molecule has 9 nitrogen and oxygen atoms in total. The minimum atomic E-state index is -1.05. The van der Waals surface area contributed by atoms with Crippen molar-refractivity contribution in [3.63, 3.8) is 0 Å². The van der Waals surface area contributed by atoms with Gasteiger partial charge in [-0.25, -0.2) is 4.79 Å². The van der Waals surface area contributed by atoms with Crippen molar-refractivity contribution in [2.45, 2.75) is 24.9 Å². The zero-order valence-corrected chi connectivity index (χ0v) is 19.0. The van der Waals surface area contributed by atoms with Crippen LogP contribution < -0.4 is 10.6 Å². The highest BCUT2D eigenvalue weighted by Gasteiger charge is 2.28. The van der Waals surface area contributed by atoms with Gasteiger partial charge in [0.25, 0.3) is 11.6 Å². The van der Waals surface area contributed by atoms with Gasteiger partial charge in [-0.15, -0.1) is 0 Å². The van der Waals surface area contributed by atoms with Crippen LogP contribution >= 0.6 is 0 Å². The summed E-state index contributed by atoms with van der Waals surface area (Å²) in [6, 6.07) is 21.2. The number of benzene rings is 3. The van der Waals surface area contributed by atoms with Crippen molar-refractivity contribution in [2.24, 2.45) is 0 Å². The highest BCUT2D eigenvalue weighted by molar-refractivity contribution is 5.98. The zero-order valence-electron chi connectivity index (χ0n) is 19.0. The first kappa shape index (κ1) is 25.1. The molecule has 0 saturated carbocycles. The Morgan fingerprint density at radius 2 is 1.34 bits per heavy atom. The lowest BCUT2D eigenvalue weighted by Crippen LogP contribution is -2.53. The molecule has 3 aromatic carbocycles. The summed E-state index contributed by atoms with van der Waals surface area (Å²) in [7, 11) is 1.23. The van der Waals surface area contributed by atoms with Crippen molar-refractivity contribution in [3.05, 3.63) is 112 Å². The third-order valence-corrected chi connectivity index (χ3v) is 5.33. The smallest absolute Gasteiger partial charge is 0.328 e. The lowest BCUT2D eigenvalue weighted by molar-refractivity contribution is -0.384. The second-order valence-corrected chi connectivity index (χ2v) is 7.79. The van der Waals surface area contributed by atoms with E-state index in [2.05, 4.69) is 10.6 Å². The van der Waals surface area contributed by atoms with Crippen molar-refractivity contribution >= 4 is 23.5 Å². The third kappa shape index (κ3) is 7.23. The molecule has 0 fully saturated rings. The molecule has 35 heavy (non-hydrogen) atoms. The van der Waals surface area contributed by atoms with Crippen molar-refractivity contribution in [2.75, 3.05) is 7.11 Å². The van der Waals surface area contributed by atoms with Crippen LogP contribution in [0.15, 0.2) is 84.9 Å². The Balaban J connectivity index is 1.82. The number of ether oxygens (including phenoxy) is 1. The maximum absolute atomic E-state index is 13.3. The molecule has 0 radical (unpaired) electrons. The maximum Gasteiger partial charge on any atom is 0.328 e. The topological polar surface area (TPSA) is 128 Å². The highest BCUT2D eigenvalue weighted by Crippen LogP contribution is 2.14. The molecule has 3 aromatic rings. The summed E-state index contributed by atoms with van der Waals surface area (Å²) in [5, 5.41) is 16.3. The van der Waals surface area contributed by atoms with Gasteiger partial charge in [0, 0.05) is 30.5 Å². The van der Waals surface area contributed by atoms with Gasteiger partial charge in [0.05, 0.1) is 12.0 Å². The molecular weight excluding hydrogens is 450 g/mol. The number of carbonyl (C=O) groups is 3. The molecular formula is C26H25N3O6. The molecule has 0 spiro atoms. The number of esters is 1. The lowest BCUT2D eigenvalue weighted by Gasteiger charge is -2.22. The van der Waals surface area contributed by atoms with Crippen LogP contribution in [-0.4, -0.2) is 41.9 Å². The fraction of sp³-hybridized carbons (Fsp3) is 0.192. The van der Waals surface area contributed by atoms with E-state index in [-0.39, 0.29) is 18.5 Å². The standard InChI is InChI=1S/C26H25N3O6/c1-35-26(32)23(17-18-8-4-2-5-9-18)28-25(31)22(27-24(30)20-10-6-3-7-11-20)16-19-12-14-21(15-13-19)29(33)34/h2-15,22-23H,16-17H2,1H3,(H,27,30)(H,28,31)/t22-,23-/m0/s1. The quantitative estimate of drug-likeness (QED) is 0.264. The molecule has 0 aliphatic carbocycles. The molecule has 2 amide bonds. The summed E-state index contributed by atoms with van der Waals surface area (Å²) in [6.07, 6.45) is 0.262. The van der Waals surface area contributed by atoms with Crippen molar-refractivity contribution in [1.29, 1.82) is 0 Å². The van der Waals surface area contributed by atoms with E-state index in [1.54, 1.807) is 30.3 Å². The number of amides is 2. The summed E-state index contributed by atoms with van der Waals surface area (Å²) < 4.78 is 4.86. The van der Waals surface area contributed by atoms with E-state index in [9.17, 15) is 24.5 Å². The normalized spacial score (nSPS) is 12.1. The molecule has 0 aliphatic heterocycles. The maximum atomic E-state index is 13.3. The molecule has 0 heterocycles. The van der Waals surface area contributed by atoms with E-state index >= 15 is 0 Å². The first-order valence-electron chi connectivity index (χ1n) is 10.9. The number of non-ortho nitro benzene ring substituents is 1. The summed E-state index contributed by atoms with van der Waals surface area (Å²) in [6.45, 7) is 0. The van der Waals surface area contributed by atoms with Crippen molar-refractivity contribution < 1.29 is 24.0 Å². The van der Waals surface area contributed by atoms with Gasteiger partial charge in [-0.3, -0.25) is 19.7 Å². The Labute approximate surface area is 202 Å². The minimum absolute atomic E-state index is 0.0572. The first-order chi connectivity index (χ1) is 16.9. The molecule has 2 N–H and O–H groups in total. The van der Waals surface area contributed by atoms with Crippen molar-refractivity contribution in [1.82, 2.24) is 10.6 Å². The second-order valence-electron chi connectivity index (χ2n) is 7.79. The van der Waals surface area contributed by atoms with Crippen molar-refractivity contribution in [3.8, 4) is 0 Å². The monoisotopic (exact) mass is 475 g/mol. The summed E-state index contributed by atoms with van der Waals surface area (Å²) >= 11 is 0. The van der Waals surface area contributed by atoms with Gasteiger partial charge in [-0.1, -0.05) is 60.7 Å². The van der Waals surface area contributed by atoms with Crippen LogP contribution in [0.2, 0.25) is 0 Å². The average molecular weight is 476 g/mol. The van der Waals surface area contributed by atoms with Crippen LogP contribution in [0.25, 0.3) is 0 Å². The van der Waals surface area contributed by atoms with E-state index < -0.39 is 34.8 Å². The van der Waals surface area contributed by atoms with Crippen LogP contribution in [0, 0.1) is 10.1 Å². The van der Waals surface area contributed by atoms with Crippen LogP contribution in [0.5, 0.6) is 0 Å². The van der Waals surface area contributed by atoms with E-state index in [4.69, 9.17) is 4.74 Å². The minimum Gasteiger partial charge on any atom is -0.467 e. The molecule has 0 aromatic heterocycles. The molecule has 3 rings (SSSR count). The highest BCUT2D eigenvalue weighted by atomic mass is 16.6. The SMILES string of the molecule is COC(=O)[C@H](Cc1ccccc1)NC(=O)[C@H](Cc1ccc([N+](=O)[O-])cc1)NC(=O)c1ccccc1. The van der Waals surface area contributed by atoms with Gasteiger partial charge in [-0.2, -0.15) is 0 Å². The molecule has 9 heteroatoms. The average Bonchev–Trinajstić information content (AvgIpc) is 2.88. The number of nitro benzene ring substituents is 1. The van der Waals surface area contributed by atoms with Gasteiger partial charge >= 0.3 is 5.97 Å². The van der Waals surface area contributed by atoms with Gasteiger partial charge in [0.1, 0.15) is 12.1 Å². The predicted molar refractivity (Wildman–Crippen MR) is 129 cm³/mol. The Morgan fingerprint density at radius 1 is 0.800 bits per heavy atom. The number of nitrogens with one attached hydrogen (secondary N) is 2. The van der Waals surface area contributed by atoms with E-state index in [1.807, 2.05) is 30.3 Å². The fourth-order valence-electron chi connectivity index (χ4n) is 3.49. The van der Waals surface area contributed by atoms with E-state index in [1.165, 1.54) is 31.4 Å². The molecule has 2 atom stereocenters. The Hall–Kier alpha value is -4.53. The molecule has 0 bridgehead atoms. The number of rotatable bonds is 10. The van der Waals surface area contributed by atoms with Crippen LogP contribution in [-0.2, 0) is 27.2 Å².